The molecule has 0 amide bonds. The van der Waals surface area contributed by atoms with Crippen molar-refractivity contribution in [1.82, 2.24) is 9.13 Å². The Labute approximate surface area is 753 Å². The van der Waals surface area contributed by atoms with Crippen molar-refractivity contribution in [2.75, 3.05) is 9.80 Å². The first kappa shape index (κ1) is 70.5. The van der Waals surface area contributed by atoms with Gasteiger partial charge >= 0.3 is 0 Å². The highest BCUT2D eigenvalue weighted by Gasteiger charge is 2.46. The second-order valence-corrected chi connectivity index (χ2v) is 45.0. The van der Waals surface area contributed by atoms with Crippen LogP contribution in [0, 0.1) is 21.7 Å². The smallest absolute Gasteiger partial charge is 0.252 e. The first-order valence-electron chi connectivity index (χ1n) is 50.4. The number of fused-ring (bicyclic) bond motifs is 10. The molecule has 0 aliphatic carbocycles. The lowest BCUT2D eigenvalue weighted by atomic mass is 9.33. The average Bonchev–Trinajstić information content (AvgIpc) is 1.28. The lowest BCUT2D eigenvalue weighted by Gasteiger charge is -2.46. The summed E-state index contributed by atoms with van der Waals surface area (Å²) in [5, 5.41) is 2.22. The van der Waals surface area contributed by atoms with Crippen LogP contribution in [0.1, 0.15) is 253 Å². The molecule has 2 aromatic heterocycles. The zero-order valence-corrected chi connectivity index (χ0v) is 77.9. The van der Waals surface area contributed by atoms with Crippen LogP contribution in [-0.2, 0) is 52.7 Å². The number of para-hydroxylation sites is 2. The predicted octanol–water partition coefficient (Wildman–Crippen LogP) is 31.5. The van der Waals surface area contributed by atoms with Crippen molar-refractivity contribution in [3.05, 3.63) is 305 Å². The normalized spacial score (nSPS) is 15.4. The van der Waals surface area contributed by atoms with Crippen molar-refractivity contribution < 1.29 is 16.4 Å². The van der Waals surface area contributed by atoms with E-state index < -0.39 is 35.7 Å². The molecular weight excluding hydrogens is 1480 g/mol. The minimum absolute atomic E-state index is 0.128. The molecule has 0 unspecified atom stereocenters. The Hall–Kier alpha value is -10.9. The quantitative estimate of drug-likeness (QED) is 0.113. The fourth-order valence-electron chi connectivity index (χ4n) is 18.8. The molecule has 626 valence electrons. The summed E-state index contributed by atoms with van der Waals surface area (Å²) >= 11 is 0. The van der Waals surface area contributed by atoms with Gasteiger partial charge in [-0.25, -0.2) is 0 Å². The van der Waals surface area contributed by atoms with Gasteiger partial charge in [0, 0.05) is 72.3 Å². The minimum atomic E-state index is -1.97. The Morgan fingerprint density at radius 2 is 0.610 bits per heavy atom. The SMILES string of the molecule is [2H]c1c([2H])c([2H])c2c(c1[2H])c1cc(CC(C)(C)C)ccc1n2-c1ccc2c(c1)N(c1cc(-c3cccc(C(C)(C)C)c3)c(C([2H])([2H])C(C)(C)C)cc1-c1cccc(C(C)(C)C)c1)c1cc(C(C)(C)C)cc3c1B2c1ccc(-n2c4ccc(CC(C)(C)C)cc4c4c([2H])c([2H])c([2H])c([2H])c42)cc1N3c1cc(-c2cccc(C(C)(C)C)c2)c(C([2H])([2H])C(C)(C)C)cc1-c1cccc(C(C)(C)C)c1. The maximum Gasteiger partial charge on any atom is 0.252 e. The molecule has 123 heavy (non-hydrogen) atoms. The molecule has 13 aromatic carbocycles. The highest BCUT2D eigenvalue weighted by molar-refractivity contribution is 7.00. The molecule has 2 aliphatic rings. The van der Waals surface area contributed by atoms with E-state index in [9.17, 15) is 16.4 Å². The molecule has 0 fully saturated rings. The lowest BCUT2D eigenvalue weighted by Crippen LogP contribution is -2.61. The van der Waals surface area contributed by atoms with Gasteiger partial charge < -0.3 is 18.9 Å². The molecule has 0 radical (unpaired) electrons. The lowest BCUT2D eigenvalue weighted by molar-refractivity contribution is 0.411. The number of nitrogens with zero attached hydrogens (tertiary/aromatic N) is 4. The first-order chi connectivity index (χ1) is 62.5. The Bertz CT molecular complexity index is 6990. The van der Waals surface area contributed by atoms with Crippen LogP contribution in [-0.4, -0.2) is 15.8 Å². The molecule has 5 heteroatoms. The summed E-state index contributed by atoms with van der Waals surface area (Å²) in [4.78, 5) is 4.88. The number of hydrogen-bond acceptors (Lipinski definition) is 2. The Morgan fingerprint density at radius 1 is 0.276 bits per heavy atom. The summed E-state index contributed by atoms with van der Waals surface area (Å²) in [5.41, 5.74) is 21.3. The van der Waals surface area contributed by atoms with E-state index in [1.54, 1.807) is 0 Å². The number of anilines is 6. The van der Waals surface area contributed by atoms with E-state index in [1.165, 1.54) is 0 Å². The van der Waals surface area contributed by atoms with E-state index in [-0.39, 0.29) is 80.8 Å². The summed E-state index contributed by atoms with van der Waals surface area (Å²) in [6.07, 6.45) is -2.53. The van der Waals surface area contributed by atoms with Crippen LogP contribution < -0.4 is 26.2 Å². The first-order valence-corrected chi connectivity index (χ1v) is 44.4. The van der Waals surface area contributed by atoms with Gasteiger partial charge in [0.25, 0.3) is 6.71 Å². The van der Waals surface area contributed by atoms with Crippen molar-refractivity contribution in [2.45, 2.75) is 240 Å². The Morgan fingerprint density at radius 3 is 0.935 bits per heavy atom. The molecule has 0 atom stereocenters. The molecule has 0 saturated carbocycles. The summed E-state index contributed by atoms with van der Waals surface area (Å²) in [5.74, 6) is 0. The highest BCUT2D eigenvalue weighted by Crippen LogP contribution is 2.55. The van der Waals surface area contributed by atoms with E-state index in [0.29, 0.717) is 90.1 Å². The van der Waals surface area contributed by atoms with Crippen molar-refractivity contribution >= 4 is 101 Å². The highest BCUT2D eigenvalue weighted by atomic mass is 15.2. The Balaban J connectivity index is 1.12. The van der Waals surface area contributed by atoms with Gasteiger partial charge in [-0.15, -0.1) is 0 Å². The van der Waals surface area contributed by atoms with Crippen LogP contribution >= 0.6 is 0 Å². The third-order valence-corrected chi connectivity index (χ3v) is 24.7. The third kappa shape index (κ3) is 16.3. The van der Waals surface area contributed by atoms with Crippen molar-refractivity contribution in [2.24, 2.45) is 21.7 Å². The van der Waals surface area contributed by atoms with E-state index >= 15 is 0 Å². The number of rotatable bonds is 12. The van der Waals surface area contributed by atoms with Crippen LogP contribution in [0.2, 0.25) is 0 Å². The third-order valence-electron chi connectivity index (χ3n) is 24.7. The summed E-state index contributed by atoms with van der Waals surface area (Å²) in [7, 11) is 0. The van der Waals surface area contributed by atoms with Crippen LogP contribution in [0.5, 0.6) is 0 Å². The second-order valence-electron chi connectivity index (χ2n) is 45.0. The molecular formula is C118H131BN4. The minimum Gasteiger partial charge on any atom is -0.311 e. The maximum absolute atomic E-state index is 10.8. The zero-order chi connectivity index (χ0) is 98.2. The second kappa shape index (κ2) is 30.0. The van der Waals surface area contributed by atoms with E-state index in [0.717, 1.165) is 123 Å². The molecule has 0 bridgehead atoms. The van der Waals surface area contributed by atoms with Gasteiger partial charge in [-0.3, -0.25) is 0 Å². The van der Waals surface area contributed by atoms with E-state index in [1.807, 2.05) is 50.7 Å². The average molecular weight is 1630 g/mol. The van der Waals surface area contributed by atoms with E-state index in [2.05, 4.69) is 361 Å². The van der Waals surface area contributed by atoms with Crippen LogP contribution in [0.15, 0.2) is 255 Å². The van der Waals surface area contributed by atoms with Gasteiger partial charge in [0.15, 0.2) is 0 Å². The van der Waals surface area contributed by atoms with Gasteiger partial charge in [-0.2, -0.15) is 0 Å². The summed E-state index contributed by atoms with van der Waals surface area (Å²) in [6, 6.07) is 72.1. The molecule has 0 spiro atoms. The maximum atomic E-state index is 10.8. The number of aromatic nitrogens is 2. The standard InChI is InChI=1S/C118H131BN4/c1-110(2,3)70-74-48-54-101-95(56-74)89-44-28-30-46-99(89)120(101)87-50-52-97-105(66-87)122(103-68-91(76-36-32-40-82(58-76)114(13,14)15)80(72-112(7,8)9)62-93(103)78-38-34-42-84(60-78)116(19,20)21)107-64-86(118(25,26)27)65-108-109(107)119(97)98-53-51-88(121-100-47-31-29-45-90(100)96-57-75(49-55-102(96)121)71-111(4,5)6)67-106(98)123(108)104-69-92(77-37-33-41-83(59-77)115(16,17)18)81(73-113(10,11)12)63-94(104)79-39-35-43-85(61-79)117(22,23)24/h28-69H,70-73H2,1-27H3/i28D,29D,30D,31D,44D,45D,46D,47D,72D2,73D2. The fraction of sp³-hybridized carbons (Fsp3) is 0.339. The van der Waals surface area contributed by atoms with Gasteiger partial charge in [-0.1, -0.05) is 345 Å². The molecule has 15 aromatic rings. The molecule has 0 saturated heterocycles. The molecule has 4 heterocycles. The number of benzene rings is 13. The Kier molecular flexibility index (Phi) is 17.2. The molecule has 0 N–H and O–H groups in total. The molecule has 2 aliphatic heterocycles. The van der Waals surface area contributed by atoms with Crippen LogP contribution in [0.4, 0.5) is 34.1 Å². The van der Waals surface area contributed by atoms with Gasteiger partial charge in [0.05, 0.1) is 44.4 Å². The zero-order valence-electron chi connectivity index (χ0n) is 89.9. The van der Waals surface area contributed by atoms with Crippen molar-refractivity contribution in [3.8, 4) is 55.9 Å². The summed E-state index contributed by atoms with van der Waals surface area (Å²) in [6.45, 7) is 57.8. The van der Waals surface area contributed by atoms with Crippen molar-refractivity contribution in [3.63, 3.8) is 0 Å². The van der Waals surface area contributed by atoms with Crippen LogP contribution in [0.3, 0.4) is 0 Å². The monoisotopic (exact) mass is 1630 g/mol. The van der Waals surface area contributed by atoms with Crippen LogP contribution in [0.25, 0.3) is 99.5 Å². The van der Waals surface area contributed by atoms with Crippen molar-refractivity contribution in [1.29, 1.82) is 0 Å². The summed E-state index contributed by atoms with van der Waals surface area (Å²) < 4.78 is 126. The molecule has 4 nitrogen and oxygen atoms in total. The number of hydrogen-bond donors (Lipinski definition) is 0. The van der Waals surface area contributed by atoms with Gasteiger partial charge in [0.1, 0.15) is 0 Å². The van der Waals surface area contributed by atoms with E-state index in [4.69, 9.17) is 0 Å². The van der Waals surface area contributed by atoms with Gasteiger partial charge in [0.2, 0.25) is 0 Å². The predicted molar refractivity (Wildman–Crippen MR) is 537 cm³/mol. The topological polar surface area (TPSA) is 16.3 Å². The van der Waals surface area contributed by atoms with Gasteiger partial charge in [-0.05, 0) is 271 Å². The molecule has 17 rings (SSSR count). The fourth-order valence-corrected chi connectivity index (χ4v) is 18.8. The largest absolute Gasteiger partial charge is 0.311 e.